The topological polar surface area (TPSA) is 162 Å². The van der Waals surface area contributed by atoms with Crippen molar-refractivity contribution in [2.24, 2.45) is 0 Å². The first-order valence-electron chi connectivity index (χ1n) is 8.07. The van der Waals surface area contributed by atoms with E-state index in [9.17, 15) is 23.4 Å². The molecule has 1 aliphatic rings. The van der Waals surface area contributed by atoms with Gasteiger partial charge in [0.1, 0.15) is 12.1 Å². The molecule has 12 heteroatoms. The van der Waals surface area contributed by atoms with Crippen molar-refractivity contribution in [1.29, 1.82) is 0 Å². The number of aliphatic hydroxyl groups is 3. The lowest BCUT2D eigenvalue weighted by Gasteiger charge is -2.46. The van der Waals surface area contributed by atoms with Crippen molar-refractivity contribution >= 4 is 27.6 Å². The van der Waals surface area contributed by atoms with Crippen LogP contribution >= 0.6 is 0 Å². The second-order valence-electron chi connectivity index (χ2n) is 5.94. The van der Waals surface area contributed by atoms with Gasteiger partial charge in [0.05, 0.1) is 31.0 Å². The Morgan fingerprint density at radius 3 is 2.39 bits per heavy atom. The summed E-state index contributed by atoms with van der Waals surface area (Å²) in [5.74, 6) is -0.428. The molecule has 1 aromatic heterocycles. The summed E-state index contributed by atoms with van der Waals surface area (Å²) in [6.07, 6.45) is -0.146. The van der Waals surface area contributed by atoms with Gasteiger partial charge >= 0.3 is 0 Å². The van der Waals surface area contributed by atoms with Gasteiger partial charge in [0.15, 0.2) is 11.9 Å². The molecule has 2 heterocycles. The van der Waals surface area contributed by atoms with Gasteiger partial charge in [-0.25, -0.2) is 23.1 Å². The highest BCUT2D eigenvalue weighted by molar-refractivity contribution is 7.92. The minimum Gasteiger partial charge on any atom is -0.494 e. The van der Waals surface area contributed by atoms with Crippen molar-refractivity contribution in [1.82, 2.24) is 9.97 Å². The van der Waals surface area contributed by atoms with Crippen LogP contribution in [0.15, 0.2) is 41.6 Å². The molecule has 150 valence electrons. The predicted octanol–water partition coefficient (Wildman–Crippen LogP) is -1.28. The third kappa shape index (κ3) is 3.62. The Hall–Kier alpha value is -2.80. The van der Waals surface area contributed by atoms with Crippen molar-refractivity contribution in [3.8, 4) is 5.75 Å². The average molecular weight is 410 g/mol. The van der Waals surface area contributed by atoms with Crippen LogP contribution < -0.4 is 14.4 Å². The number of sulfonamides is 1. The lowest BCUT2D eigenvalue weighted by molar-refractivity contribution is -0.142. The SMILES string of the molecule is COc1cnc(NS(=O)(=O)c2ccc(N3C(=O)C(O)C3[C@H](O)CO)cc2)nc1. The Morgan fingerprint density at radius 1 is 1.25 bits per heavy atom. The monoisotopic (exact) mass is 410 g/mol. The fourth-order valence-corrected chi connectivity index (χ4v) is 3.68. The summed E-state index contributed by atoms with van der Waals surface area (Å²) in [6.45, 7) is -0.635. The zero-order valence-electron chi connectivity index (χ0n) is 14.6. The van der Waals surface area contributed by atoms with E-state index in [4.69, 9.17) is 9.84 Å². The maximum atomic E-state index is 12.4. The number of anilines is 2. The second-order valence-corrected chi connectivity index (χ2v) is 7.62. The Morgan fingerprint density at radius 2 is 1.86 bits per heavy atom. The van der Waals surface area contributed by atoms with E-state index in [1.165, 1.54) is 43.8 Å². The molecule has 1 aromatic carbocycles. The lowest BCUT2D eigenvalue weighted by atomic mass is 9.92. The number of nitrogens with one attached hydrogen (secondary N) is 1. The highest BCUT2D eigenvalue weighted by Gasteiger charge is 2.50. The second kappa shape index (κ2) is 7.67. The fourth-order valence-electron chi connectivity index (χ4n) is 2.72. The molecule has 3 atom stereocenters. The number of benzene rings is 1. The molecule has 11 nitrogen and oxygen atoms in total. The fraction of sp³-hybridized carbons (Fsp3) is 0.312. The first-order chi connectivity index (χ1) is 13.3. The Bertz CT molecular complexity index is 950. The highest BCUT2D eigenvalue weighted by atomic mass is 32.2. The Labute approximate surface area is 160 Å². The average Bonchev–Trinajstić information content (AvgIpc) is 2.71. The van der Waals surface area contributed by atoms with Crippen molar-refractivity contribution in [2.45, 2.75) is 23.1 Å². The molecule has 2 aromatic rings. The molecule has 1 saturated heterocycles. The van der Waals surface area contributed by atoms with Crippen LogP contribution in [0, 0.1) is 0 Å². The summed E-state index contributed by atoms with van der Waals surface area (Å²) in [7, 11) is -2.55. The van der Waals surface area contributed by atoms with Crippen LogP contribution in [-0.4, -0.2) is 71.6 Å². The van der Waals surface area contributed by atoms with Crippen molar-refractivity contribution in [3.05, 3.63) is 36.7 Å². The molecular formula is C16H18N4O7S. The Balaban J connectivity index is 1.78. The molecule has 3 rings (SSSR count). The van der Waals surface area contributed by atoms with Gasteiger partial charge in [-0.15, -0.1) is 0 Å². The standard InChI is InChI=1S/C16H18N4O7S/c1-27-10-6-17-16(18-7-10)19-28(25,26)11-4-2-9(3-5-11)20-13(12(22)8-21)14(23)15(20)24/h2-7,12-14,21-23H,8H2,1H3,(H,17,18,19)/t12-,13?,14?/m1/s1. The van der Waals surface area contributed by atoms with Crippen LogP contribution in [0.25, 0.3) is 0 Å². The third-order valence-electron chi connectivity index (χ3n) is 4.21. The largest absolute Gasteiger partial charge is 0.494 e. The molecule has 1 fully saturated rings. The van der Waals surface area contributed by atoms with E-state index < -0.39 is 40.8 Å². The van der Waals surface area contributed by atoms with Gasteiger partial charge in [-0.1, -0.05) is 0 Å². The summed E-state index contributed by atoms with van der Waals surface area (Å²) in [5.41, 5.74) is 0.271. The maximum Gasteiger partial charge on any atom is 0.264 e. The summed E-state index contributed by atoms with van der Waals surface area (Å²) in [5, 5.41) is 28.5. The number of aliphatic hydroxyl groups excluding tert-OH is 3. The number of carbonyl (C=O) groups excluding carboxylic acids is 1. The summed E-state index contributed by atoms with van der Waals surface area (Å²) < 4.78 is 32.0. The molecule has 0 aliphatic carbocycles. The number of carbonyl (C=O) groups is 1. The summed E-state index contributed by atoms with van der Waals surface area (Å²) >= 11 is 0. The number of nitrogens with zero attached hydrogens (tertiary/aromatic N) is 3. The number of ether oxygens (including phenoxy) is 1. The molecule has 1 aliphatic heterocycles. The van der Waals surface area contributed by atoms with Gasteiger partial charge in [0, 0.05) is 5.69 Å². The van der Waals surface area contributed by atoms with Gasteiger partial charge in [0.25, 0.3) is 15.9 Å². The van der Waals surface area contributed by atoms with Crippen molar-refractivity contribution in [2.75, 3.05) is 23.3 Å². The molecule has 2 unspecified atom stereocenters. The maximum absolute atomic E-state index is 12.4. The molecule has 1 amide bonds. The van der Waals surface area contributed by atoms with Gasteiger partial charge in [-0.3, -0.25) is 4.79 Å². The molecule has 0 bridgehead atoms. The smallest absolute Gasteiger partial charge is 0.264 e. The van der Waals surface area contributed by atoms with Crippen molar-refractivity contribution in [3.63, 3.8) is 0 Å². The number of β-lactam (4-membered cyclic amide) rings is 1. The van der Waals surface area contributed by atoms with Crippen LogP contribution in [0.2, 0.25) is 0 Å². The van der Waals surface area contributed by atoms with E-state index in [0.29, 0.717) is 5.75 Å². The number of hydrogen-bond acceptors (Lipinski definition) is 9. The number of aromatic nitrogens is 2. The van der Waals surface area contributed by atoms with E-state index in [-0.39, 0.29) is 16.5 Å². The third-order valence-corrected chi connectivity index (χ3v) is 5.55. The summed E-state index contributed by atoms with van der Waals surface area (Å²) in [6, 6.07) is 4.20. The minimum absolute atomic E-state index is 0.108. The first kappa shape index (κ1) is 19.9. The van der Waals surface area contributed by atoms with Crippen LogP contribution in [-0.2, 0) is 14.8 Å². The van der Waals surface area contributed by atoms with Crippen LogP contribution in [0.1, 0.15) is 0 Å². The Kier molecular flexibility index (Phi) is 5.47. The highest BCUT2D eigenvalue weighted by Crippen LogP contribution is 2.31. The zero-order chi connectivity index (χ0) is 20.5. The van der Waals surface area contributed by atoms with Gasteiger partial charge in [0.2, 0.25) is 5.95 Å². The number of hydrogen-bond donors (Lipinski definition) is 4. The van der Waals surface area contributed by atoms with E-state index in [1.807, 2.05) is 0 Å². The number of methoxy groups -OCH3 is 1. The first-order valence-corrected chi connectivity index (χ1v) is 9.56. The van der Waals surface area contributed by atoms with E-state index in [1.54, 1.807) is 0 Å². The van der Waals surface area contributed by atoms with E-state index in [2.05, 4.69) is 14.7 Å². The molecule has 4 N–H and O–H groups in total. The van der Waals surface area contributed by atoms with Crippen LogP contribution in [0.4, 0.5) is 11.6 Å². The zero-order valence-corrected chi connectivity index (χ0v) is 15.4. The van der Waals surface area contributed by atoms with Crippen LogP contribution in [0.3, 0.4) is 0 Å². The van der Waals surface area contributed by atoms with Crippen molar-refractivity contribution < 1.29 is 33.3 Å². The van der Waals surface area contributed by atoms with Crippen LogP contribution in [0.5, 0.6) is 5.75 Å². The molecular weight excluding hydrogens is 392 g/mol. The minimum atomic E-state index is -3.98. The number of amides is 1. The van der Waals surface area contributed by atoms with Gasteiger partial charge in [-0.05, 0) is 24.3 Å². The van der Waals surface area contributed by atoms with E-state index in [0.717, 1.165) is 4.90 Å². The quantitative estimate of drug-likeness (QED) is 0.407. The lowest BCUT2D eigenvalue weighted by Crippen LogP contribution is -2.70. The predicted molar refractivity (Wildman–Crippen MR) is 96.2 cm³/mol. The molecule has 0 spiro atoms. The normalized spacial score (nSPS) is 20.4. The molecule has 0 radical (unpaired) electrons. The van der Waals surface area contributed by atoms with Gasteiger partial charge in [-0.2, -0.15) is 0 Å². The molecule has 0 saturated carbocycles. The number of rotatable bonds is 7. The van der Waals surface area contributed by atoms with E-state index >= 15 is 0 Å². The molecule has 28 heavy (non-hydrogen) atoms. The van der Waals surface area contributed by atoms with Gasteiger partial charge < -0.3 is 25.0 Å². The summed E-state index contributed by atoms with van der Waals surface area (Å²) in [4.78, 5) is 20.5.